The van der Waals surface area contributed by atoms with Crippen LogP contribution in [0.4, 0.5) is 0 Å². The molecule has 1 saturated carbocycles. The van der Waals surface area contributed by atoms with E-state index in [1.807, 2.05) is 0 Å². The Morgan fingerprint density at radius 3 is 2.48 bits per heavy atom. The third-order valence-corrected chi connectivity index (χ3v) is 5.01. The first-order chi connectivity index (χ1) is 10.1. The second kappa shape index (κ2) is 6.33. The van der Waals surface area contributed by atoms with Crippen LogP contribution in [0.3, 0.4) is 0 Å². The Labute approximate surface area is 135 Å². The average Bonchev–Trinajstić information content (AvgIpc) is 2.43. The van der Waals surface area contributed by atoms with Crippen molar-refractivity contribution >= 4 is 15.9 Å². The minimum atomic E-state index is 0.409. The van der Waals surface area contributed by atoms with Crippen molar-refractivity contribution in [3.05, 3.63) is 69.7 Å². The number of aryl methyl sites for hydroxylation is 1. The van der Waals surface area contributed by atoms with Crippen LogP contribution in [0.15, 0.2) is 53.0 Å². The van der Waals surface area contributed by atoms with Crippen molar-refractivity contribution in [2.24, 2.45) is 0 Å². The molecule has 0 aliphatic heterocycles. The highest BCUT2D eigenvalue weighted by Crippen LogP contribution is 2.38. The standard InChI is InChI=1S/C19H22BrN/c1-13-6-8-15(9-7-13)17-11-19(12-17)21-14(2)16-4-3-5-18(20)10-16/h3-10,14,17,19,21H,11-12H2,1-2H3. The number of benzene rings is 2. The normalized spacial score (nSPS) is 22.6. The van der Waals surface area contributed by atoms with E-state index >= 15 is 0 Å². The van der Waals surface area contributed by atoms with Crippen LogP contribution < -0.4 is 5.32 Å². The zero-order valence-corrected chi connectivity index (χ0v) is 14.2. The Bertz CT molecular complexity index is 599. The number of rotatable bonds is 4. The molecule has 110 valence electrons. The summed E-state index contributed by atoms with van der Waals surface area (Å²) in [5.74, 6) is 0.734. The summed E-state index contributed by atoms with van der Waals surface area (Å²) in [6.07, 6.45) is 2.50. The van der Waals surface area contributed by atoms with Gasteiger partial charge in [0.15, 0.2) is 0 Å². The summed E-state index contributed by atoms with van der Waals surface area (Å²) in [6.45, 7) is 4.40. The smallest absolute Gasteiger partial charge is 0.0294 e. The van der Waals surface area contributed by atoms with Gasteiger partial charge in [-0.15, -0.1) is 0 Å². The Morgan fingerprint density at radius 2 is 1.81 bits per heavy atom. The van der Waals surface area contributed by atoms with Crippen LogP contribution in [-0.4, -0.2) is 6.04 Å². The Balaban J connectivity index is 1.54. The van der Waals surface area contributed by atoms with E-state index in [-0.39, 0.29) is 0 Å². The lowest BCUT2D eigenvalue weighted by Crippen LogP contribution is -2.41. The molecule has 1 nitrogen and oxygen atoms in total. The monoisotopic (exact) mass is 343 g/mol. The number of hydrogen-bond donors (Lipinski definition) is 1. The average molecular weight is 344 g/mol. The minimum Gasteiger partial charge on any atom is -0.307 e. The second-order valence-corrected chi connectivity index (χ2v) is 7.13. The topological polar surface area (TPSA) is 12.0 Å². The molecule has 2 aromatic carbocycles. The molecule has 3 rings (SSSR count). The van der Waals surface area contributed by atoms with E-state index in [1.54, 1.807) is 0 Å². The van der Waals surface area contributed by atoms with Gasteiger partial charge in [-0.3, -0.25) is 0 Å². The number of hydrogen-bond acceptors (Lipinski definition) is 1. The predicted octanol–water partition coefficient (Wildman–Crippen LogP) is 5.35. The van der Waals surface area contributed by atoms with Crippen molar-refractivity contribution < 1.29 is 0 Å². The van der Waals surface area contributed by atoms with Crippen molar-refractivity contribution in [2.75, 3.05) is 0 Å². The fourth-order valence-corrected chi connectivity index (χ4v) is 3.51. The maximum atomic E-state index is 3.75. The summed E-state index contributed by atoms with van der Waals surface area (Å²) in [5, 5.41) is 3.75. The van der Waals surface area contributed by atoms with Crippen LogP contribution in [-0.2, 0) is 0 Å². The van der Waals surface area contributed by atoms with E-state index in [2.05, 4.69) is 83.6 Å². The summed E-state index contributed by atoms with van der Waals surface area (Å²) >= 11 is 3.55. The largest absolute Gasteiger partial charge is 0.307 e. The summed E-state index contributed by atoms with van der Waals surface area (Å²) < 4.78 is 1.15. The first-order valence-corrected chi connectivity index (χ1v) is 8.49. The highest BCUT2D eigenvalue weighted by Gasteiger charge is 2.30. The quantitative estimate of drug-likeness (QED) is 0.788. The fourth-order valence-electron chi connectivity index (χ4n) is 3.09. The van der Waals surface area contributed by atoms with Gasteiger partial charge >= 0.3 is 0 Å². The molecule has 0 bridgehead atoms. The molecule has 1 N–H and O–H groups in total. The van der Waals surface area contributed by atoms with E-state index in [0.717, 1.165) is 10.4 Å². The van der Waals surface area contributed by atoms with Gasteiger partial charge in [-0.05, 0) is 55.9 Å². The van der Waals surface area contributed by atoms with Gasteiger partial charge in [0.1, 0.15) is 0 Å². The number of nitrogens with one attached hydrogen (secondary N) is 1. The molecule has 0 heterocycles. The zero-order valence-electron chi connectivity index (χ0n) is 12.6. The molecule has 0 spiro atoms. The van der Waals surface area contributed by atoms with E-state index in [1.165, 1.54) is 29.5 Å². The van der Waals surface area contributed by atoms with E-state index < -0.39 is 0 Å². The van der Waals surface area contributed by atoms with Gasteiger partial charge in [-0.2, -0.15) is 0 Å². The molecule has 1 aliphatic carbocycles. The van der Waals surface area contributed by atoms with Gasteiger partial charge in [0.2, 0.25) is 0 Å². The molecule has 1 atom stereocenters. The van der Waals surface area contributed by atoms with Crippen molar-refractivity contribution in [3.63, 3.8) is 0 Å². The van der Waals surface area contributed by atoms with Gasteiger partial charge in [-0.1, -0.05) is 57.9 Å². The SMILES string of the molecule is Cc1ccc(C2CC(NC(C)c3cccc(Br)c3)C2)cc1. The van der Waals surface area contributed by atoms with Crippen molar-refractivity contribution in [1.82, 2.24) is 5.32 Å². The molecule has 1 unspecified atom stereocenters. The van der Waals surface area contributed by atoms with Crippen LogP contribution >= 0.6 is 15.9 Å². The number of halogens is 1. The van der Waals surface area contributed by atoms with Crippen LogP contribution in [0.5, 0.6) is 0 Å². The molecule has 0 amide bonds. The fraction of sp³-hybridized carbons (Fsp3) is 0.368. The van der Waals surface area contributed by atoms with Crippen molar-refractivity contribution in [2.45, 2.75) is 44.7 Å². The molecular formula is C19H22BrN. The van der Waals surface area contributed by atoms with Crippen LogP contribution in [0.25, 0.3) is 0 Å². The first-order valence-electron chi connectivity index (χ1n) is 7.70. The molecule has 1 fully saturated rings. The van der Waals surface area contributed by atoms with Crippen molar-refractivity contribution in [1.29, 1.82) is 0 Å². The molecular weight excluding hydrogens is 322 g/mol. The lowest BCUT2D eigenvalue weighted by Gasteiger charge is -2.38. The molecule has 0 saturated heterocycles. The predicted molar refractivity (Wildman–Crippen MR) is 92.6 cm³/mol. The highest BCUT2D eigenvalue weighted by molar-refractivity contribution is 9.10. The summed E-state index contributed by atoms with van der Waals surface area (Å²) in [6, 6.07) is 18.6. The first kappa shape index (κ1) is 14.8. The minimum absolute atomic E-state index is 0.409. The lowest BCUT2D eigenvalue weighted by molar-refractivity contribution is 0.271. The van der Waals surface area contributed by atoms with Gasteiger partial charge < -0.3 is 5.32 Å². The second-order valence-electron chi connectivity index (χ2n) is 6.22. The Kier molecular flexibility index (Phi) is 4.46. The van der Waals surface area contributed by atoms with Crippen LogP contribution in [0, 0.1) is 6.92 Å². The zero-order chi connectivity index (χ0) is 14.8. The summed E-state index contributed by atoms with van der Waals surface area (Å²) in [7, 11) is 0. The highest BCUT2D eigenvalue weighted by atomic mass is 79.9. The van der Waals surface area contributed by atoms with E-state index in [4.69, 9.17) is 0 Å². The van der Waals surface area contributed by atoms with E-state index in [9.17, 15) is 0 Å². The lowest BCUT2D eigenvalue weighted by atomic mass is 9.75. The maximum Gasteiger partial charge on any atom is 0.0294 e. The molecule has 21 heavy (non-hydrogen) atoms. The molecule has 0 aromatic heterocycles. The van der Waals surface area contributed by atoms with Gasteiger partial charge in [0.05, 0.1) is 0 Å². The van der Waals surface area contributed by atoms with Crippen molar-refractivity contribution in [3.8, 4) is 0 Å². The maximum absolute atomic E-state index is 3.75. The van der Waals surface area contributed by atoms with E-state index in [0.29, 0.717) is 12.1 Å². The van der Waals surface area contributed by atoms with Crippen LogP contribution in [0.2, 0.25) is 0 Å². The summed E-state index contributed by atoms with van der Waals surface area (Å²) in [4.78, 5) is 0. The Morgan fingerprint density at radius 1 is 1.10 bits per heavy atom. The van der Waals surface area contributed by atoms with Gasteiger partial charge in [-0.25, -0.2) is 0 Å². The van der Waals surface area contributed by atoms with Gasteiger partial charge in [0, 0.05) is 16.6 Å². The third-order valence-electron chi connectivity index (χ3n) is 4.52. The third kappa shape index (κ3) is 3.56. The van der Waals surface area contributed by atoms with Gasteiger partial charge in [0.25, 0.3) is 0 Å². The Hall–Kier alpha value is -1.12. The molecule has 2 heteroatoms. The van der Waals surface area contributed by atoms with Crippen LogP contribution in [0.1, 0.15) is 48.4 Å². The molecule has 2 aromatic rings. The molecule has 1 aliphatic rings. The molecule has 0 radical (unpaired) electrons. The summed E-state index contributed by atoms with van der Waals surface area (Å²) in [5.41, 5.74) is 4.19.